The molecule has 0 fully saturated rings. The van der Waals surface area contributed by atoms with Crippen molar-refractivity contribution in [3.8, 4) is 6.07 Å². The highest BCUT2D eigenvalue weighted by atomic mass is 16.4. The van der Waals surface area contributed by atoms with Gasteiger partial charge in [0.1, 0.15) is 11.7 Å². The Bertz CT molecular complexity index is 787. The zero-order valence-corrected chi connectivity index (χ0v) is 9.30. The Morgan fingerprint density at radius 1 is 1.39 bits per heavy atom. The quantitative estimate of drug-likeness (QED) is 0.347. The lowest BCUT2D eigenvalue weighted by Crippen LogP contribution is -2.06. The molecule has 0 bridgehead atoms. The smallest absolute Gasteiger partial charge is 0.344 e. The van der Waals surface area contributed by atoms with Crippen molar-refractivity contribution in [3.05, 3.63) is 63.9 Å². The van der Waals surface area contributed by atoms with Gasteiger partial charge in [0.25, 0.3) is 0 Å². The summed E-state index contributed by atoms with van der Waals surface area (Å²) >= 11 is 0. The van der Waals surface area contributed by atoms with Gasteiger partial charge in [0, 0.05) is 11.0 Å². The van der Waals surface area contributed by atoms with E-state index in [1.54, 1.807) is 42.3 Å². The van der Waals surface area contributed by atoms with Crippen molar-refractivity contribution in [2.75, 3.05) is 0 Å². The molecular weight excluding hydrogens is 228 g/mol. The lowest BCUT2D eigenvalue weighted by atomic mass is 10.0. The highest BCUT2D eigenvalue weighted by Gasteiger charge is 2.11. The van der Waals surface area contributed by atoms with E-state index in [9.17, 15) is 4.79 Å². The van der Waals surface area contributed by atoms with E-state index in [0.29, 0.717) is 11.0 Å². The standard InChI is InChI=1S/C14H7N2O2/c1-9(11(7-15)8-16)12-6-10-4-2-3-5-13(10)18-14(12)17/h2-6H,1H2/q-1. The molecule has 1 heterocycles. The van der Waals surface area contributed by atoms with Crippen molar-refractivity contribution in [1.82, 2.24) is 0 Å². The maximum Gasteiger partial charge on any atom is 0.344 e. The Labute approximate surface area is 103 Å². The summed E-state index contributed by atoms with van der Waals surface area (Å²) in [5.74, 6) is 1.70. The predicted octanol–water partition coefficient (Wildman–Crippen LogP) is 2.50. The number of nitrogens with zero attached hydrogens (tertiary/aromatic N) is 2. The Morgan fingerprint density at radius 2 is 2.11 bits per heavy atom. The van der Waals surface area contributed by atoms with Gasteiger partial charge in [0.05, 0.1) is 11.1 Å². The number of fused-ring (bicyclic) bond motifs is 1. The molecule has 1 aromatic heterocycles. The molecule has 0 saturated carbocycles. The lowest BCUT2D eigenvalue weighted by Gasteiger charge is -2.03. The number of rotatable bonds is 2. The van der Waals surface area contributed by atoms with Crippen LogP contribution < -0.4 is 5.63 Å². The van der Waals surface area contributed by atoms with Crippen molar-refractivity contribution in [3.63, 3.8) is 0 Å². The van der Waals surface area contributed by atoms with E-state index in [2.05, 4.69) is 6.58 Å². The monoisotopic (exact) mass is 235 g/mol. The summed E-state index contributed by atoms with van der Waals surface area (Å²) in [6.45, 7) is 3.59. The highest BCUT2D eigenvalue weighted by molar-refractivity contribution is 5.93. The summed E-state index contributed by atoms with van der Waals surface area (Å²) in [6, 6.07) is 10.3. The van der Waals surface area contributed by atoms with E-state index < -0.39 is 5.63 Å². The van der Waals surface area contributed by atoms with Crippen LogP contribution in [0.3, 0.4) is 0 Å². The van der Waals surface area contributed by atoms with Gasteiger partial charge in [0.15, 0.2) is 0 Å². The number of benzene rings is 1. The zero-order chi connectivity index (χ0) is 13.1. The number of allylic oxidation sites excluding steroid dienone is 2. The number of hydrogen-bond acceptors (Lipinski definition) is 3. The second-order valence-electron chi connectivity index (χ2n) is 3.56. The summed E-state index contributed by atoms with van der Waals surface area (Å²) in [7, 11) is 0. The van der Waals surface area contributed by atoms with Crippen molar-refractivity contribution < 1.29 is 4.42 Å². The Hall–Kier alpha value is -2.89. The van der Waals surface area contributed by atoms with Crippen LogP contribution in [0.2, 0.25) is 0 Å². The van der Waals surface area contributed by atoms with Gasteiger partial charge < -0.3 is 9.83 Å². The molecule has 2 rings (SSSR count). The van der Waals surface area contributed by atoms with Gasteiger partial charge in [-0.1, -0.05) is 24.8 Å². The van der Waals surface area contributed by atoms with E-state index in [4.69, 9.17) is 15.1 Å². The zero-order valence-electron chi connectivity index (χ0n) is 9.30. The molecule has 4 nitrogen and oxygen atoms in total. The number of para-hydroxylation sites is 1. The van der Waals surface area contributed by atoms with Gasteiger partial charge in [-0.25, -0.2) is 10.7 Å². The number of nitriles is 1. The molecule has 86 valence electrons. The largest absolute Gasteiger partial charge is 0.762 e. The molecule has 0 amide bonds. The summed E-state index contributed by atoms with van der Waals surface area (Å²) < 4.78 is 5.10. The molecule has 2 aromatic rings. The molecule has 1 aromatic carbocycles. The molecule has 0 atom stereocenters. The number of hydrogen-bond donors (Lipinski definition) is 0. The molecule has 18 heavy (non-hydrogen) atoms. The van der Waals surface area contributed by atoms with Gasteiger partial charge in [-0.2, -0.15) is 5.26 Å². The first-order valence-corrected chi connectivity index (χ1v) is 5.07. The third kappa shape index (κ3) is 1.86. The first-order chi connectivity index (χ1) is 8.67. The topological polar surface area (TPSA) is 76.3 Å². The minimum Gasteiger partial charge on any atom is -0.762 e. The second kappa shape index (κ2) is 4.54. The fourth-order valence-corrected chi connectivity index (χ4v) is 1.57. The van der Waals surface area contributed by atoms with Crippen LogP contribution in [0.1, 0.15) is 5.56 Å². The van der Waals surface area contributed by atoms with E-state index in [1.165, 1.54) is 0 Å². The minimum absolute atomic E-state index is 0.0829. The molecule has 0 N–H and O–H groups in total. The van der Waals surface area contributed by atoms with Crippen LogP contribution >= 0.6 is 0 Å². The van der Waals surface area contributed by atoms with Gasteiger partial charge in [-0.15, -0.1) is 0 Å². The average Bonchev–Trinajstić information content (AvgIpc) is 2.39. The Balaban J connectivity index is 2.70. The Kier molecular flexibility index (Phi) is 2.92. The molecule has 0 aliphatic rings. The SMILES string of the molecule is C=C(C(=C=[N-])C#N)c1cc2ccccc2oc1=O. The summed E-state index contributed by atoms with van der Waals surface area (Å²) in [5.41, 5.74) is -0.139. The molecule has 0 aliphatic carbocycles. The lowest BCUT2D eigenvalue weighted by molar-refractivity contribution is 0.559. The molecule has 0 saturated heterocycles. The first-order valence-electron chi connectivity index (χ1n) is 5.07. The van der Waals surface area contributed by atoms with Crippen LogP contribution in [-0.4, -0.2) is 5.87 Å². The van der Waals surface area contributed by atoms with Gasteiger partial charge in [-0.05, 0) is 12.1 Å². The van der Waals surface area contributed by atoms with Gasteiger partial charge >= 0.3 is 5.63 Å². The van der Waals surface area contributed by atoms with Crippen LogP contribution in [0.5, 0.6) is 0 Å². The molecule has 0 spiro atoms. The van der Waals surface area contributed by atoms with Crippen LogP contribution in [0.25, 0.3) is 22.0 Å². The minimum atomic E-state index is -0.610. The second-order valence-corrected chi connectivity index (χ2v) is 3.56. The van der Waals surface area contributed by atoms with Crippen molar-refractivity contribution in [2.24, 2.45) is 0 Å². The molecule has 4 heteroatoms. The molecule has 0 unspecified atom stereocenters. The highest BCUT2D eigenvalue weighted by Crippen LogP contribution is 2.20. The molecule has 0 radical (unpaired) electrons. The van der Waals surface area contributed by atoms with Crippen LogP contribution in [0, 0.1) is 11.3 Å². The van der Waals surface area contributed by atoms with E-state index >= 15 is 0 Å². The fraction of sp³-hybridized carbons (Fsp3) is 0. The van der Waals surface area contributed by atoms with Crippen LogP contribution in [0.4, 0.5) is 0 Å². The predicted molar refractivity (Wildman–Crippen MR) is 69.0 cm³/mol. The maximum atomic E-state index is 11.8. The fourth-order valence-electron chi connectivity index (χ4n) is 1.57. The summed E-state index contributed by atoms with van der Waals surface area (Å²) in [4.78, 5) is 11.8. The van der Waals surface area contributed by atoms with Crippen LogP contribution in [0.15, 0.2) is 51.7 Å². The third-order valence-electron chi connectivity index (χ3n) is 2.49. The summed E-state index contributed by atoms with van der Waals surface area (Å²) in [6.07, 6.45) is 0. The molecular formula is C14H7N2O2-. The summed E-state index contributed by atoms with van der Waals surface area (Å²) in [5, 5.41) is 18.2. The maximum absolute atomic E-state index is 11.8. The Morgan fingerprint density at radius 3 is 2.78 bits per heavy atom. The van der Waals surface area contributed by atoms with E-state index in [-0.39, 0.29) is 16.7 Å². The van der Waals surface area contributed by atoms with Crippen molar-refractivity contribution in [2.45, 2.75) is 0 Å². The first kappa shape index (κ1) is 11.6. The normalized spacial score (nSPS) is 9.50. The van der Waals surface area contributed by atoms with Gasteiger partial charge in [0.2, 0.25) is 0 Å². The van der Waals surface area contributed by atoms with E-state index in [1.807, 2.05) is 0 Å². The third-order valence-corrected chi connectivity index (χ3v) is 2.49. The average molecular weight is 235 g/mol. The van der Waals surface area contributed by atoms with Crippen molar-refractivity contribution >= 4 is 22.4 Å². The van der Waals surface area contributed by atoms with Gasteiger partial charge in [-0.3, -0.25) is 0 Å². The van der Waals surface area contributed by atoms with E-state index in [0.717, 1.165) is 0 Å². The molecule has 0 aliphatic heterocycles. The van der Waals surface area contributed by atoms with Crippen LogP contribution in [-0.2, 0) is 0 Å². The van der Waals surface area contributed by atoms with Crippen molar-refractivity contribution in [1.29, 1.82) is 5.26 Å².